The van der Waals surface area contributed by atoms with Gasteiger partial charge in [0, 0.05) is 33.5 Å². The van der Waals surface area contributed by atoms with E-state index in [4.69, 9.17) is 4.74 Å². The van der Waals surface area contributed by atoms with E-state index in [9.17, 15) is 0 Å². The Labute approximate surface area is 237 Å². The molecule has 2 heterocycles. The minimum atomic E-state index is 0.541. The van der Waals surface area contributed by atoms with Gasteiger partial charge in [-0.3, -0.25) is 0 Å². The zero-order chi connectivity index (χ0) is 27.8. The molecule has 0 saturated heterocycles. The van der Waals surface area contributed by atoms with Gasteiger partial charge >= 0.3 is 0 Å². The largest absolute Gasteiger partial charge is 0.453 e. The van der Waals surface area contributed by atoms with Crippen LogP contribution in [0.3, 0.4) is 0 Å². The molecule has 0 bridgehead atoms. The lowest BCUT2D eigenvalue weighted by Crippen LogP contribution is -2.16. The van der Waals surface area contributed by atoms with E-state index >= 15 is 0 Å². The molecule has 3 nitrogen and oxygen atoms in total. The molecule has 0 N–H and O–H groups in total. The minimum Gasteiger partial charge on any atom is -0.453 e. The van der Waals surface area contributed by atoms with E-state index < -0.39 is 0 Å². The zero-order valence-electron chi connectivity index (χ0n) is 24.0. The summed E-state index contributed by atoms with van der Waals surface area (Å²) in [6.07, 6.45) is 1.16. The first-order chi connectivity index (χ1) is 19.4. The van der Waals surface area contributed by atoms with Crippen molar-refractivity contribution in [2.45, 2.75) is 47.1 Å². The van der Waals surface area contributed by atoms with Gasteiger partial charge in [0.25, 0.3) is 0 Å². The summed E-state index contributed by atoms with van der Waals surface area (Å²) in [4.78, 5) is 2.27. The van der Waals surface area contributed by atoms with Crippen molar-refractivity contribution in [2.24, 2.45) is 0 Å². The number of hydrogen-bond acceptors (Lipinski definition) is 2. The van der Waals surface area contributed by atoms with Gasteiger partial charge in [0.1, 0.15) is 0 Å². The predicted octanol–water partition coefficient (Wildman–Crippen LogP) is 11.0. The van der Waals surface area contributed by atoms with Crippen molar-refractivity contribution in [3.05, 3.63) is 126 Å². The Hall–Kier alpha value is -4.50. The lowest BCUT2D eigenvalue weighted by molar-refractivity contribution is 0.476. The van der Waals surface area contributed by atoms with E-state index in [2.05, 4.69) is 153 Å². The molecule has 40 heavy (non-hydrogen) atoms. The van der Waals surface area contributed by atoms with Crippen LogP contribution in [0, 0.1) is 20.8 Å². The molecule has 1 aromatic heterocycles. The molecule has 200 valence electrons. The van der Waals surface area contributed by atoms with Crippen molar-refractivity contribution < 1.29 is 4.74 Å². The zero-order valence-corrected chi connectivity index (χ0v) is 24.0. The van der Waals surface area contributed by atoms with Gasteiger partial charge in [-0.15, -0.1) is 0 Å². The minimum absolute atomic E-state index is 0.541. The maximum atomic E-state index is 6.17. The fraction of sp³-hybridized carbons (Fsp3) is 0.189. The number of aromatic nitrogens is 1. The second-order valence-corrected chi connectivity index (χ2v) is 10.9. The van der Waals surface area contributed by atoms with Gasteiger partial charge < -0.3 is 14.2 Å². The molecule has 0 spiro atoms. The van der Waals surface area contributed by atoms with Crippen LogP contribution in [0.5, 0.6) is 11.5 Å². The molecule has 0 aliphatic carbocycles. The highest BCUT2D eigenvalue weighted by molar-refractivity contribution is 6.08. The molecule has 0 amide bonds. The van der Waals surface area contributed by atoms with Crippen LogP contribution in [0.4, 0.5) is 17.1 Å². The Bertz CT molecular complexity index is 1710. The molecule has 6 aromatic rings. The lowest BCUT2D eigenvalue weighted by atomic mass is 10.1. The van der Waals surface area contributed by atoms with Crippen molar-refractivity contribution in [3.8, 4) is 11.5 Å². The molecular formula is C37H36N2O. The van der Waals surface area contributed by atoms with Gasteiger partial charge in [-0.1, -0.05) is 73.2 Å². The highest BCUT2D eigenvalue weighted by Gasteiger charge is 2.25. The normalized spacial score (nSPS) is 12.8. The molecule has 1 aliphatic heterocycles. The number of fused-ring (bicyclic) bond motifs is 5. The van der Waals surface area contributed by atoms with Crippen molar-refractivity contribution >= 4 is 38.9 Å². The third-order valence-corrected chi connectivity index (χ3v) is 7.87. The molecule has 0 fully saturated rings. The van der Waals surface area contributed by atoms with E-state index in [0.717, 1.165) is 35.0 Å². The van der Waals surface area contributed by atoms with Crippen LogP contribution in [0.25, 0.3) is 21.8 Å². The quantitative estimate of drug-likeness (QED) is 0.229. The Balaban J connectivity index is 0.000000151. The van der Waals surface area contributed by atoms with Crippen molar-refractivity contribution in [1.29, 1.82) is 0 Å². The van der Waals surface area contributed by atoms with Gasteiger partial charge in [0.2, 0.25) is 0 Å². The number of aryl methyl sites for hydroxylation is 3. The van der Waals surface area contributed by atoms with Gasteiger partial charge in [-0.05, 0) is 93.8 Å². The van der Waals surface area contributed by atoms with Crippen molar-refractivity contribution in [3.63, 3.8) is 0 Å². The number of ether oxygens (including phenoxy) is 1. The molecular weight excluding hydrogens is 488 g/mol. The summed E-state index contributed by atoms with van der Waals surface area (Å²) in [6.45, 7) is 10.8. The molecule has 1 unspecified atom stereocenters. The SMILES string of the molecule is CCC(C)n1c2ccccc2c2ccccc21.Cc1ccc(N2c3ccc(C)cc3Oc3cc(C)ccc32)cc1. The maximum absolute atomic E-state index is 6.17. The summed E-state index contributed by atoms with van der Waals surface area (Å²) < 4.78 is 8.64. The van der Waals surface area contributed by atoms with E-state index in [-0.39, 0.29) is 0 Å². The first-order valence-electron chi connectivity index (χ1n) is 14.2. The molecule has 5 aromatic carbocycles. The summed E-state index contributed by atoms with van der Waals surface area (Å²) in [7, 11) is 0. The maximum Gasteiger partial charge on any atom is 0.151 e. The van der Waals surface area contributed by atoms with Crippen LogP contribution >= 0.6 is 0 Å². The summed E-state index contributed by atoms with van der Waals surface area (Å²) in [5.41, 5.74) is 9.66. The summed E-state index contributed by atoms with van der Waals surface area (Å²) >= 11 is 0. The van der Waals surface area contributed by atoms with E-state index in [1.54, 1.807) is 0 Å². The van der Waals surface area contributed by atoms with Gasteiger partial charge in [-0.25, -0.2) is 0 Å². The number of nitrogens with zero attached hydrogens (tertiary/aromatic N) is 2. The van der Waals surface area contributed by atoms with Gasteiger partial charge in [0.05, 0.1) is 11.4 Å². The van der Waals surface area contributed by atoms with E-state index in [0.29, 0.717) is 6.04 Å². The smallest absolute Gasteiger partial charge is 0.151 e. The molecule has 1 atom stereocenters. The first-order valence-corrected chi connectivity index (χ1v) is 14.2. The highest BCUT2D eigenvalue weighted by atomic mass is 16.5. The van der Waals surface area contributed by atoms with E-state index in [1.165, 1.54) is 38.5 Å². The second-order valence-electron chi connectivity index (χ2n) is 10.9. The van der Waals surface area contributed by atoms with Crippen LogP contribution in [0.15, 0.2) is 109 Å². The topological polar surface area (TPSA) is 17.4 Å². The Morgan fingerprint density at radius 2 is 1.07 bits per heavy atom. The Kier molecular flexibility index (Phi) is 6.81. The molecule has 1 aliphatic rings. The van der Waals surface area contributed by atoms with Crippen LogP contribution < -0.4 is 9.64 Å². The number of benzene rings is 5. The van der Waals surface area contributed by atoms with Crippen LogP contribution in [-0.4, -0.2) is 4.57 Å². The monoisotopic (exact) mass is 524 g/mol. The fourth-order valence-corrected chi connectivity index (χ4v) is 5.61. The van der Waals surface area contributed by atoms with Crippen molar-refractivity contribution in [2.75, 3.05) is 4.90 Å². The van der Waals surface area contributed by atoms with E-state index in [1.807, 2.05) is 0 Å². The summed E-state index contributed by atoms with van der Waals surface area (Å²) in [5, 5.41) is 2.73. The number of para-hydroxylation sites is 2. The standard InChI is InChI=1S/C21H19NO.C16H17N/c1-14-4-8-17(9-5-14)22-18-10-6-15(2)12-20(18)23-21-13-16(3)7-11-19(21)22;1-3-12(2)17-15-10-6-4-8-13(15)14-9-5-7-11-16(14)17/h4-13H,1-3H3;4-12H,3H2,1-2H3. The Morgan fingerprint density at radius 1 is 0.600 bits per heavy atom. The first kappa shape index (κ1) is 25.8. The molecule has 7 rings (SSSR count). The highest BCUT2D eigenvalue weighted by Crippen LogP contribution is 2.50. The average molecular weight is 525 g/mol. The number of anilines is 3. The molecule has 3 heteroatoms. The number of hydrogen-bond donors (Lipinski definition) is 0. The fourth-order valence-electron chi connectivity index (χ4n) is 5.61. The summed E-state index contributed by atoms with van der Waals surface area (Å²) in [6, 6.07) is 39.2. The van der Waals surface area contributed by atoms with Crippen LogP contribution in [0.2, 0.25) is 0 Å². The Morgan fingerprint density at radius 3 is 1.57 bits per heavy atom. The molecule has 0 saturated carbocycles. The average Bonchev–Trinajstić information content (AvgIpc) is 3.31. The third-order valence-electron chi connectivity index (χ3n) is 7.87. The lowest BCUT2D eigenvalue weighted by Gasteiger charge is -2.33. The van der Waals surface area contributed by atoms with Gasteiger partial charge in [0.15, 0.2) is 11.5 Å². The van der Waals surface area contributed by atoms with Crippen LogP contribution in [0.1, 0.15) is 43.0 Å². The number of rotatable bonds is 3. The second kappa shape index (κ2) is 10.6. The van der Waals surface area contributed by atoms with Crippen LogP contribution in [-0.2, 0) is 0 Å². The third kappa shape index (κ3) is 4.62. The van der Waals surface area contributed by atoms with Gasteiger partial charge in [-0.2, -0.15) is 0 Å². The molecule has 0 radical (unpaired) electrons. The predicted molar refractivity (Wildman–Crippen MR) is 170 cm³/mol. The summed E-state index contributed by atoms with van der Waals surface area (Å²) in [5.74, 6) is 1.81. The van der Waals surface area contributed by atoms with Crippen molar-refractivity contribution in [1.82, 2.24) is 4.57 Å².